The quantitative estimate of drug-likeness (QED) is 0.272. The zero-order chi connectivity index (χ0) is 23.1. The number of ether oxygens (including phenoxy) is 1. The Kier molecular flexibility index (Phi) is 5.62. The van der Waals surface area contributed by atoms with Gasteiger partial charge in [0.15, 0.2) is 12.4 Å². The average molecular weight is 464 g/mol. The lowest BCUT2D eigenvalue weighted by Gasteiger charge is -2.26. The summed E-state index contributed by atoms with van der Waals surface area (Å²) in [5.74, 6) is -2.52. The second kappa shape index (κ2) is 8.60. The third-order valence-electron chi connectivity index (χ3n) is 6.87. The fraction of sp³-hybridized carbons (Fsp3) is 0.308. The van der Waals surface area contributed by atoms with Crippen LogP contribution in [0.25, 0.3) is 0 Å². The van der Waals surface area contributed by atoms with Crippen molar-refractivity contribution in [1.29, 1.82) is 0 Å². The molecule has 6 nitrogen and oxygen atoms in total. The molecule has 2 aliphatic carbocycles. The number of carbonyl (C=O) groups excluding carboxylic acids is 4. The normalized spacial score (nSPS) is 25.9. The van der Waals surface area contributed by atoms with Crippen molar-refractivity contribution in [3.05, 3.63) is 82.9 Å². The third kappa shape index (κ3) is 3.89. The minimum Gasteiger partial charge on any atom is -0.456 e. The SMILES string of the molecule is O=C(COC(=O)[C@H](Cc1ccccc1)N1C(=O)[C@@H]2[C@H](C1=O)[C@H]1C=C[C@H]2C1)c1ccc(Cl)cc1. The Morgan fingerprint density at radius 1 is 0.939 bits per heavy atom. The molecule has 5 atom stereocenters. The number of hydrogen-bond donors (Lipinski definition) is 0. The zero-order valence-electron chi connectivity index (χ0n) is 17.7. The number of nitrogens with zero attached hydrogens (tertiary/aromatic N) is 1. The van der Waals surface area contributed by atoms with Crippen LogP contribution in [0.5, 0.6) is 0 Å². The van der Waals surface area contributed by atoms with Crippen molar-refractivity contribution < 1.29 is 23.9 Å². The van der Waals surface area contributed by atoms with Crippen molar-refractivity contribution in [3.63, 3.8) is 0 Å². The van der Waals surface area contributed by atoms with Crippen molar-refractivity contribution in [2.75, 3.05) is 6.61 Å². The highest BCUT2D eigenvalue weighted by Crippen LogP contribution is 2.53. The second-order valence-electron chi connectivity index (χ2n) is 8.79. The van der Waals surface area contributed by atoms with Gasteiger partial charge in [0.25, 0.3) is 0 Å². The van der Waals surface area contributed by atoms with Gasteiger partial charge < -0.3 is 4.74 Å². The summed E-state index contributed by atoms with van der Waals surface area (Å²) < 4.78 is 5.34. The lowest BCUT2D eigenvalue weighted by molar-refractivity contribution is -0.158. The lowest BCUT2D eigenvalue weighted by Crippen LogP contribution is -2.48. The molecule has 1 saturated heterocycles. The molecule has 2 aromatic carbocycles. The second-order valence-corrected chi connectivity index (χ2v) is 9.23. The molecule has 168 valence electrons. The highest BCUT2D eigenvalue weighted by atomic mass is 35.5. The number of rotatable bonds is 7. The molecule has 3 aliphatic rings. The number of esters is 1. The molecule has 0 radical (unpaired) electrons. The Bertz CT molecular complexity index is 1110. The first-order chi connectivity index (χ1) is 15.9. The molecule has 1 aliphatic heterocycles. The van der Waals surface area contributed by atoms with Gasteiger partial charge in [-0.15, -0.1) is 0 Å². The van der Waals surface area contributed by atoms with E-state index in [1.807, 2.05) is 42.5 Å². The Balaban J connectivity index is 1.36. The topological polar surface area (TPSA) is 80.8 Å². The number of Topliss-reactive ketones (excluding diaryl/α,β-unsaturated/α-hetero) is 1. The first kappa shape index (κ1) is 21.6. The van der Waals surface area contributed by atoms with E-state index in [2.05, 4.69) is 0 Å². The zero-order valence-corrected chi connectivity index (χ0v) is 18.5. The van der Waals surface area contributed by atoms with E-state index in [-0.39, 0.29) is 30.1 Å². The Hall–Kier alpha value is -3.25. The van der Waals surface area contributed by atoms with Gasteiger partial charge in [-0.25, -0.2) is 4.79 Å². The van der Waals surface area contributed by atoms with Gasteiger partial charge in [0.2, 0.25) is 11.8 Å². The summed E-state index contributed by atoms with van der Waals surface area (Å²) in [6.45, 7) is -0.484. The fourth-order valence-electron chi connectivity index (χ4n) is 5.30. The van der Waals surface area contributed by atoms with E-state index in [1.54, 1.807) is 24.3 Å². The van der Waals surface area contributed by atoms with Crippen LogP contribution in [0, 0.1) is 23.7 Å². The molecule has 2 amide bonds. The highest BCUT2D eigenvalue weighted by molar-refractivity contribution is 6.30. The molecule has 1 heterocycles. The number of allylic oxidation sites excluding steroid dienone is 2. The van der Waals surface area contributed by atoms with Gasteiger partial charge in [0.05, 0.1) is 11.8 Å². The summed E-state index contributed by atoms with van der Waals surface area (Å²) in [6.07, 6.45) is 4.96. The average Bonchev–Trinajstić information content (AvgIpc) is 3.51. The molecule has 2 fully saturated rings. The van der Waals surface area contributed by atoms with Gasteiger partial charge in [-0.2, -0.15) is 0 Å². The number of carbonyl (C=O) groups is 4. The molecule has 0 aromatic heterocycles. The molecule has 7 heteroatoms. The molecular formula is C26H22ClNO5. The number of ketones is 1. The number of amides is 2. The minimum absolute atomic E-state index is 0.0429. The summed E-state index contributed by atoms with van der Waals surface area (Å²) in [5, 5.41) is 0.492. The van der Waals surface area contributed by atoms with Crippen LogP contribution in [0.15, 0.2) is 66.7 Å². The van der Waals surface area contributed by atoms with Crippen molar-refractivity contribution >= 4 is 35.2 Å². The van der Waals surface area contributed by atoms with Crippen LogP contribution in [-0.2, 0) is 25.5 Å². The molecule has 2 aromatic rings. The molecule has 1 saturated carbocycles. The van der Waals surface area contributed by atoms with Crippen LogP contribution in [-0.4, -0.2) is 41.1 Å². The van der Waals surface area contributed by atoms with Gasteiger partial charge in [-0.05, 0) is 48.1 Å². The van der Waals surface area contributed by atoms with Crippen LogP contribution in [0.2, 0.25) is 5.02 Å². The summed E-state index contributed by atoms with van der Waals surface area (Å²) in [7, 11) is 0. The van der Waals surface area contributed by atoms with Gasteiger partial charge in [0, 0.05) is 17.0 Å². The van der Waals surface area contributed by atoms with E-state index in [0.29, 0.717) is 10.6 Å². The molecule has 2 bridgehead atoms. The Morgan fingerprint density at radius 3 is 2.15 bits per heavy atom. The van der Waals surface area contributed by atoms with Crippen LogP contribution in [0.4, 0.5) is 0 Å². The highest BCUT2D eigenvalue weighted by Gasteiger charge is 2.61. The molecular weight excluding hydrogens is 442 g/mol. The van der Waals surface area contributed by atoms with Crippen molar-refractivity contribution in [2.45, 2.75) is 18.9 Å². The van der Waals surface area contributed by atoms with Crippen molar-refractivity contribution in [3.8, 4) is 0 Å². The summed E-state index contributed by atoms with van der Waals surface area (Å²) >= 11 is 5.86. The van der Waals surface area contributed by atoms with Gasteiger partial charge in [-0.3, -0.25) is 19.3 Å². The van der Waals surface area contributed by atoms with E-state index >= 15 is 0 Å². The van der Waals surface area contributed by atoms with Gasteiger partial charge in [0.1, 0.15) is 6.04 Å². The molecule has 0 spiro atoms. The van der Waals surface area contributed by atoms with Crippen LogP contribution in [0.3, 0.4) is 0 Å². The first-order valence-electron chi connectivity index (χ1n) is 11.0. The number of halogens is 1. The Morgan fingerprint density at radius 2 is 1.55 bits per heavy atom. The molecule has 0 N–H and O–H groups in total. The van der Waals surface area contributed by atoms with Crippen LogP contribution >= 0.6 is 11.6 Å². The van der Waals surface area contributed by atoms with E-state index in [1.165, 1.54) is 0 Å². The van der Waals surface area contributed by atoms with Gasteiger partial charge >= 0.3 is 5.97 Å². The first-order valence-corrected chi connectivity index (χ1v) is 11.4. The third-order valence-corrected chi connectivity index (χ3v) is 7.12. The number of hydrogen-bond acceptors (Lipinski definition) is 5. The molecule has 0 unspecified atom stereocenters. The number of imide groups is 1. The smallest absolute Gasteiger partial charge is 0.330 e. The van der Waals surface area contributed by atoms with E-state index in [9.17, 15) is 19.2 Å². The summed E-state index contributed by atoms with van der Waals surface area (Å²) in [4.78, 5) is 53.3. The number of likely N-dealkylation sites (tertiary alicyclic amines) is 1. The summed E-state index contributed by atoms with van der Waals surface area (Å²) in [5.41, 5.74) is 1.15. The maximum absolute atomic E-state index is 13.3. The number of fused-ring (bicyclic) bond motifs is 5. The predicted octanol–water partition coefficient (Wildman–Crippen LogP) is 3.48. The Labute approximate surface area is 196 Å². The van der Waals surface area contributed by atoms with Crippen molar-refractivity contribution in [1.82, 2.24) is 4.90 Å². The van der Waals surface area contributed by atoms with Gasteiger partial charge in [-0.1, -0.05) is 54.1 Å². The summed E-state index contributed by atoms with van der Waals surface area (Å²) in [6, 6.07) is 14.3. The molecule has 5 rings (SSSR count). The van der Waals surface area contributed by atoms with Crippen molar-refractivity contribution in [2.24, 2.45) is 23.7 Å². The predicted molar refractivity (Wildman–Crippen MR) is 120 cm³/mol. The maximum atomic E-state index is 13.3. The van der Waals surface area contributed by atoms with E-state index in [0.717, 1.165) is 16.9 Å². The maximum Gasteiger partial charge on any atom is 0.330 e. The van der Waals surface area contributed by atoms with Crippen LogP contribution < -0.4 is 0 Å². The standard InChI is InChI=1S/C26H22ClNO5/c27-19-10-8-16(9-11-19)21(29)14-33-26(32)20(12-15-4-2-1-3-5-15)28-24(30)22-17-6-7-18(13-17)23(22)25(28)31/h1-11,17-18,20,22-23H,12-14H2/t17-,18-,20-,22-,23+/m0/s1. The molecule has 33 heavy (non-hydrogen) atoms. The fourth-order valence-corrected chi connectivity index (χ4v) is 5.43. The lowest BCUT2D eigenvalue weighted by atomic mass is 9.85. The number of benzene rings is 2. The van der Waals surface area contributed by atoms with E-state index < -0.39 is 36.2 Å². The van der Waals surface area contributed by atoms with E-state index in [4.69, 9.17) is 16.3 Å². The van der Waals surface area contributed by atoms with Crippen LogP contribution in [0.1, 0.15) is 22.3 Å². The monoisotopic (exact) mass is 463 g/mol. The minimum atomic E-state index is -1.12. The largest absolute Gasteiger partial charge is 0.456 e.